The van der Waals surface area contributed by atoms with E-state index in [-0.39, 0.29) is 6.61 Å². The fraction of sp³-hybridized carbons (Fsp3) is 0.583. The molecule has 112 valence electrons. The van der Waals surface area contributed by atoms with Crippen LogP contribution in [0.25, 0.3) is 0 Å². The van der Waals surface area contributed by atoms with Crippen molar-refractivity contribution in [3.05, 3.63) is 22.8 Å². The van der Waals surface area contributed by atoms with Crippen LogP contribution in [0.3, 0.4) is 0 Å². The Kier molecular flexibility index (Phi) is 4.72. The quantitative estimate of drug-likeness (QED) is 0.926. The van der Waals surface area contributed by atoms with Gasteiger partial charge in [-0.1, -0.05) is 11.6 Å². The number of rotatable bonds is 3. The van der Waals surface area contributed by atoms with Gasteiger partial charge in [0.2, 0.25) is 0 Å². The first-order chi connectivity index (χ1) is 9.39. The summed E-state index contributed by atoms with van der Waals surface area (Å²) in [7, 11) is 0. The highest BCUT2D eigenvalue weighted by Crippen LogP contribution is 2.22. The van der Waals surface area contributed by atoms with Crippen LogP contribution in [0.1, 0.15) is 5.69 Å². The zero-order chi connectivity index (χ0) is 14.8. The van der Waals surface area contributed by atoms with Crippen molar-refractivity contribution >= 4 is 17.4 Å². The van der Waals surface area contributed by atoms with Crippen molar-refractivity contribution in [1.82, 2.24) is 9.88 Å². The van der Waals surface area contributed by atoms with Crippen molar-refractivity contribution in [2.45, 2.75) is 12.8 Å². The minimum Gasteiger partial charge on any atom is -0.390 e. The van der Waals surface area contributed by atoms with Gasteiger partial charge in [-0.3, -0.25) is 4.90 Å². The number of anilines is 1. The van der Waals surface area contributed by atoms with E-state index < -0.39 is 12.7 Å². The van der Waals surface area contributed by atoms with Crippen LogP contribution >= 0.6 is 11.6 Å². The number of aromatic nitrogens is 1. The topological polar surface area (TPSA) is 39.6 Å². The van der Waals surface area contributed by atoms with Crippen LogP contribution in [0.4, 0.5) is 19.0 Å². The summed E-state index contributed by atoms with van der Waals surface area (Å²) in [6.07, 6.45) is -4.16. The second kappa shape index (κ2) is 6.15. The van der Waals surface area contributed by atoms with Crippen LogP contribution in [0.5, 0.6) is 0 Å². The van der Waals surface area contributed by atoms with Crippen LogP contribution in [0, 0.1) is 0 Å². The molecule has 0 saturated carbocycles. The Morgan fingerprint density at radius 3 is 2.40 bits per heavy atom. The SMILES string of the molecule is OCc1nc(N2CCN(CC(F)(F)F)CC2)ccc1Cl. The maximum atomic E-state index is 12.3. The van der Waals surface area contributed by atoms with Gasteiger partial charge in [0.05, 0.1) is 23.9 Å². The minimum atomic E-state index is -4.16. The molecule has 1 N–H and O–H groups in total. The smallest absolute Gasteiger partial charge is 0.390 e. The van der Waals surface area contributed by atoms with Crippen molar-refractivity contribution in [1.29, 1.82) is 0 Å². The molecule has 1 aliphatic rings. The molecule has 4 nitrogen and oxygen atoms in total. The highest BCUT2D eigenvalue weighted by atomic mass is 35.5. The molecule has 2 rings (SSSR count). The molecule has 2 heterocycles. The van der Waals surface area contributed by atoms with E-state index in [1.165, 1.54) is 4.90 Å². The first kappa shape index (κ1) is 15.3. The lowest BCUT2D eigenvalue weighted by atomic mass is 10.3. The molecular formula is C12H15ClF3N3O. The molecule has 0 atom stereocenters. The molecular weight excluding hydrogens is 295 g/mol. The predicted molar refractivity (Wildman–Crippen MR) is 69.9 cm³/mol. The van der Waals surface area contributed by atoms with E-state index >= 15 is 0 Å². The second-order valence-electron chi connectivity index (χ2n) is 4.63. The van der Waals surface area contributed by atoms with Gasteiger partial charge in [-0.15, -0.1) is 0 Å². The van der Waals surface area contributed by atoms with Crippen LogP contribution in [-0.2, 0) is 6.61 Å². The zero-order valence-electron chi connectivity index (χ0n) is 10.7. The average molecular weight is 310 g/mol. The Balaban J connectivity index is 1.97. The summed E-state index contributed by atoms with van der Waals surface area (Å²) in [6.45, 7) is 0.458. The van der Waals surface area contributed by atoms with Crippen LogP contribution < -0.4 is 4.90 Å². The Bertz CT molecular complexity index is 462. The van der Waals surface area contributed by atoms with Crippen molar-refractivity contribution in [2.75, 3.05) is 37.6 Å². The van der Waals surface area contributed by atoms with Crippen molar-refractivity contribution < 1.29 is 18.3 Å². The van der Waals surface area contributed by atoms with Gasteiger partial charge < -0.3 is 10.0 Å². The van der Waals surface area contributed by atoms with E-state index in [4.69, 9.17) is 16.7 Å². The maximum absolute atomic E-state index is 12.3. The molecule has 1 aromatic heterocycles. The molecule has 1 aromatic rings. The van der Waals surface area contributed by atoms with Gasteiger partial charge >= 0.3 is 6.18 Å². The molecule has 1 fully saturated rings. The molecule has 0 spiro atoms. The molecule has 1 aliphatic heterocycles. The third-order valence-corrected chi connectivity index (χ3v) is 3.50. The molecule has 1 saturated heterocycles. The van der Waals surface area contributed by atoms with E-state index in [9.17, 15) is 13.2 Å². The number of aliphatic hydroxyl groups is 1. The van der Waals surface area contributed by atoms with E-state index in [1.807, 2.05) is 4.90 Å². The van der Waals surface area contributed by atoms with Crippen molar-refractivity contribution in [2.24, 2.45) is 0 Å². The number of alkyl halides is 3. The highest BCUT2D eigenvalue weighted by Gasteiger charge is 2.32. The number of hydrogen-bond donors (Lipinski definition) is 1. The van der Waals surface area contributed by atoms with Gasteiger partial charge in [-0.2, -0.15) is 13.2 Å². The normalized spacial score (nSPS) is 17.6. The molecule has 0 bridgehead atoms. The molecule has 0 radical (unpaired) electrons. The Morgan fingerprint density at radius 2 is 1.85 bits per heavy atom. The van der Waals surface area contributed by atoms with Crippen molar-refractivity contribution in [3.63, 3.8) is 0 Å². The predicted octanol–water partition coefficient (Wildman–Crippen LogP) is 1.91. The van der Waals surface area contributed by atoms with E-state index in [0.717, 1.165) is 0 Å². The van der Waals surface area contributed by atoms with Gasteiger partial charge in [0.15, 0.2) is 0 Å². The number of aliphatic hydroxyl groups excluding tert-OH is 1. The minimum absolute atomic E-state index is 0.263. The summed E-state index contributed by atoms with van der Waals surface area (Å²) in [5, 5.41) is 9.49. The van der Waals surface area contributed by atoms with Crippen LogP contribution in [0.2, 0.25) is 5.02 Å². The first-order valence-corrected chi connectivity index (χ1v) is 6.57. The summed E-state index contributed by atoms with van der Waals surface area (Å²) in [5.41, 5.74) is 0.377. The van der Waals surface area contributed by atoms with Gasteiger partial charge in [0.1, 0.15) is 5.82 Å². The van der Waals surface area contributed by atoms with Gasteiger partial charge in [-0.25, -0.2) is 4.98 Å². The van der Waals surface area contributed by atoms with Crippen LogP contribution in [-0.4, -0.2) is 53.9 Å². The number of piperazine rings is 1. The third-order valence-electron chi connectivity index (χ3n) is 3.15. The number of pyridine rings is 1. The fourth-order valence-electron chi connectivity index (χ4n) is 2.15. The highest BCUT2D eigenvalue weighted by molar-refractivity contribution is 6.31. The molecule has 0 unspecified atom stereocenters. The Morgan fingerprint density at radius 1 is 1.20 bits per heavy atom. The van der Waals surface area contributed by atoms with E-state index in [1.54, 1.807) is 12.1 Å². The summed E-state index contributed by atoms with van der Waals surface area (Å²) in [5.74, 6) is 0.630. The Labute approximate surface area is 119 Å². The maximum Gasteiger partial charge on any atom is 0.401 e. The second-order valence-corrected chi connectivity index (χ2v) is 5.04. The van der Waals surface area contributed by atoms with E-state index in [2.05, 4.69) is 4.98 Å². The molecule has 0 amide bonds. The Hall–Kier alpha value is -1.05. The molecule has 8 heteroatoms. The number of halogens is 4. The molecule has 0 aromatic carbocycles. The summed E-state index contributed by atoms with van der Waals surface area (Å²) < 4.78 is 36.9. The lowest BCUT2D eigenvalue weighted by Crippen LogP contribution is -2.49. The lowest BCUT2D eigenvalue weighted by Gasteiger charge is -2.35. The van der Waals surface area contributed by atoms with Gasteiger partial charge in [0.25, 0.3) is 0 Å². The standard InChI is InChI=1S/C12H15ClF3N3O/c13-9-1-2-11(17-10(9)7-20)19-5-3-18(4-6-19)8-12(14,15)16/h1-2,20H,3-8H2. The van der Waals surface area contributed by atoms with Gasteiger partial charge in [-0.05, 0) is 12.1 Å². The summed E-state index contributed by atoms with van der Waals surface area (Å²) >= 11 is 5.86. The summed E-state index contributed by atoms with van der Waals surface area (Å²) in [6, 6.07) is 3.35. The van der Waals surface area contributed by atoms with Crippen molar-refractivity contribution in [3.8, 4) is 0 Å². The van der Waals surface area contributed by atoms with Gasteiger partial charge in [0, 0.05) is 26.2 Å². The first-order valence-electron chi connectivity index (χ1n) is 6.19. The zero-order valence-corrected chi connectivity index (χ0v) is 11.5. The average Bonchev–Trinajstić information content (AvgIpc) is 2.38. The van der Waals surface area contributed by atoms with E-state index in [0.29, 0.717) is 42.7 Å². The van der Waals surface area contributed by atoms with Crippen LogP contribution in [0.15, 0.2) is 12.1 Å². The molecule has 0 aliphatic carbocycles. The monoisotopic (exact) mass is 309 g/mol. The number of nitrogens with zero attached hydrogens (tertiary/aromatic N) is 3. The lowest BCUT2D eigenvalue weighted by molar-refractivity contribution is -0.146. The summed E-state index contributed by atoms with van der Waals surface area (Å²) in [4.78, 5) is 7.48. The third kappa shape index (κ3) is 3.97. The number of hydrogen-bond acceptors (Lipinski definition) is 4. The molecule has 20 heavy (non-hydrogen) atoms. The largest absolute Gasteiger partial charge is 0.401 e. The fourth-order valence-corrected chi connectivity index (χ4v) is 2.31.